The highest BCUT2D eigenvalue weighted by Crippen LogP contribution is 2.54. The van der Waals surface area contributed by atoms with Crippen molar-refractivity contribution in [2.75, 3.05) is 9.80 Å². The molecule has 0 radical (unpaired) electrons. The molecule has 0 saturated heterocycles. The van der Waals surface area contributed by atoms with Gasteiger partial charge in [0.05, 0.1) is 61.5 Å². The fraction of sp³-hybridized carbons (Fsp3) is 0. The van der Waals surface area contributed by atoms with Crippen LogP contribution in [0.15, 0.2) is 168 Å². The van der Waals surface area contributed by atoms with Gasteiger partial charge in [0.25, 0.3) is 6.71 Å². The number of nitrogens with zero attached hydrogens (tertiary/aromatic N) is 4. The van der Waals surface area contributed by atoms with Gasteiger partial charge in [-0.3, -0.25) is 0 Å². The van der Waals surface area contributed by atoms with E-state index >= 15 is 0 Å². The number of thiophene rings is 1. The van der Waals surface area contributed by atoms with Gasteiger partial charge in [-0.25, -0.2) is 0 Å². The molecule has 0 unspecified atom stereocenters. The first-order chi connectivity index (χ1) is 28.7. The van der Waals surface area contributed by atoms with E-state index in [2.05, 4.69) is 184 Å². The minimum atomic E-state index is -0.230. The van der Waals surface area contributed by atoms with Gasteiger partial charge >= 0.3 is 0 Å². The molecule has 6 heterocycles. The number of nitriles is 1. The lowest BCUT2D eigenvalue weighted by Gasteiger charge is -2.44. The Balaban J connectivity index is 1.15. The van der Waals surface area contributed by atoms with E-state index < -0.39 is 0 Å². The van der Waals surface area contributed by atoms with Gasteiger partial charge in [0, 0.05) is 43.0 Å². The van der Waals surface area contributed by atoms with Crippen molar-refractivity contribution >= 4 is 122 Å². The molecule has 7 heteroatoms. The Hall–Kier alpha value is -7.53. The van der Waals surface area contributed by atoms with Crippen LogP contribution in [-0.4, -0.2) is 11.3 Å². The fourth-order valence-corrected chi connectivity index (χ4v) is 11.6. The van der Waals surface area contributed by atoms with Gasteiger partial charge in [0.2, 0.25) is 0 Å². The van der Waals surface area contributed by atoms with Crippen LogP contribution in [-0.2, 0) is 0 Å². The van der Waals surface area contributed by atoms with Gasteiger partial charge in [-0.05, 0) is 76.6 Å². The average Bonchev–Trinajstić information content (AvgIpc) is 3.96. The zero-order valence-electron chi connectivity index (χ0n) is 30.8. The quantitative estimate of drug-likeness (QED) is 0.165. The van der Waals surface area contributed by atoms with Gasteiger partial charge in [-0.1, -0.05) is 109 Å². The second-order valence-corrected chi connectivity index (χ2v) is 16.6. The van der Waals surface area contributed by atoms with Crippen LogP contribution in [0.4, 0.5) is 34.1 Å². The smallest absolute Gasteiger partial charge is 0.297 e. The molecule has 0 spiro atoms. The Labute approximate surface area is 336 Å². The topological polar surface area (TPSA) is 48.3 Å². The highest BCUT2D eigenvalue weighted by molar-refractivity contribution is 7.26. The maximum Gasteiger partial charge on any atom is 0.297 e. The summed E-state index contributed by atoms with van der Waals surface area (Å²) in [6.45, 7) is -0.230. The average molecular weight is 755 g/mol. The monoisotopic (exact) mass is 754 g/mol. The van der Waals surface area contributed by atoms with Gasteiger partial charge in [0.1, 0.15) is 5.58 Å². The van der Waals surface area contributed by atoms with E-state index in [9.17, 15) is 5.26 Å². The lowest BCUT2D eigenvalue weighted by atomic mass is 9.35. The van der Waals surface area contributed by atoms with Crippen LogP contribution in [0.25, 0.3) is 69.8 Å². The third-order valence-corrected chi connectivity index (χ3v) is 13.9. The minimum Gasteiger partial charge on any atom is -0.468 e. The number of benzene rings is 8. The lowest BCUT2D eigenvalue weighted by molar-refractivity contribution is 0.651. The third kappa shape index (κ3) is 3.72. The molecule has 14 rings (SSSR count). The van der Waals surface area contributed by atoms with Crippen molar-refractivity contribution in [2.24, 2.45) is 0 Å². The van der Waals surface area contributed by atoms with Gasteiger partial charge in [0.15, 0.2) is 0 Å². The number of hydrogen-bond acceptors (Lipinski definition) is 5. The van der Waals surface area contributed by atoms with Crippen LogP contribution in [0.2, 0.25) is 0 Å². The molecule has 0 bridgehead atoms. The van der Waals surface area contributed by atoms with Crippen LogP contribution in [0.3, 0.4) is 0 Å². The van der Waals surface area contributed by atoms with Crippen LogP contribution >= 0.6 is 11.3 Å². The van der Waals surface area contributed by atoms with E-state index in [1.807, 2.05) is 11.3 Å². The van der Waals surface area contributed by atoms with Crippen molar-refractivity contribution in [2.45, 2.75) is 0 Å². The molecule has 5 nitrogen and oxygen atoms in total. The first kappa shape index (κ1) is 30.7. The second-order valence-electron chi connectivity index (χ2n) is 15.5. The predicted molar refractivity (Wildman–Crippen MR) is 241 cm³/mol. The molecule has 3 aromatic heterocycles. The minimum absolute atomic E-state index is 0.230. The third-order valence-electron chi connectivity index (χ3n) is 12.7. The number of para-hydroxylation sites is 3. The van der Waals surface area contributed by atoms with E-state index in [1.54, 1.807) is 0 Å². The molecule has 3 aliphatic rings. The van der Waals surface area contributed by atoms with Crippen LogP contribution in [0, 0.1) is 11.3 Å². The summed E-state index contributed by atoms with van der Waals surface area (Å²) in [5.74, 6) is 0. The fourth-order valence-electron chi connectivity index (χ4n) is 10.4. The molecule has 0 amide bonds. The number of anilines is 6. The summed E-state index contributed by atoms with van der Waals surface area (Å²) in [6.07, 6.45) is 0. The standard InChI is InChI=1S/C51H27BN4OS/c53-28-29-25-42-46-43(26-29)56(41-21-9-16-35-33-14-5-7-22-45(33)58-50(35)41)48-36-27-31(30-11-2-1-3-12-30)23-24-44(36)57-51(48)52(46)37-17-10-20-40-49(37)55(42)39-19-8-15-34-32-13-4-6-18-38(32)54(40)47(34)39/h1-27H. The van der Waals surface area contributed by atoms with Crippen molar-refractivity contribution in [1.29, 1.82) is 5.26 Å². The maximum absolute atomic E-state index is 10.9. The van der Waals surface area contributed by atoms with Crippen molar-refractivity contribution in [1.82, 2.24) is 4.57 Å². The Morgan fingerprint density at radius 2 is 1.24 bits per heavy atom. The zero-order chi connectivity index (χ0) is 37.8. The molecule has 8 aromatic carbocycles. The number of hydrogen-bond donors (Lipinski definition) is 0. The zero-order valence-corrected chi connectivity index (χ0v) is 31.6. The van der Waals surface area contributed by atoms with Crippen molar-refractivity contribution in [3.63, 3.8) is 0 Å². The number of aromatic nitrogens is 1. The lowest BCUT2D eigenvalue weighted by Crippen LogP contribution is -2.61. The van der Waals surface area contributed by atoms with Crippen molar-refractivity contribution in [3.05, 3.63) is 169 Å². The highest BCUT2D eigenvalue weighted by Gasteiger charge is 2.49. The van der Waals surface area contributed by atoms with E-state index in [1.165, 1.54) is 47.4 Å². The highest BCUT2D eigenvalue weighted by atomic mass is 32.1. The first-order valence-electron chi connectivity index (χ1n) is 19.6. The summed E-state index contributed by atoms with van der Waals surface area (Å²) in [5.41, 5.74) is 16.8. The summed E-state index contributed by atoms with van der Waals surface area (Å²) < 4.78 is 12.1. The van der Waals surface area contributed by atoms with E-state index in [0.717, 1.165) is 73.0 Å². The number of furan rings is 1. The van der Waals surface area contributed by atoms with Gasteiger partial charge in [-0.15, -0.1) is 11.3 Å². The summed E-state index contributed by atoms with van der Waals surface area (Å²) in [5, 5.41) is 16.8. The number of rotatable bonds is 2. The predicted octanol–water partition coefficient (Wildman–Crippen LogP) is 11.8. The van der Waals surface area contributed by atoms with Crippen LogP contribution < -0.4 is 26.4 Å². The SMILES string of the molecule is N#Cc1cc2c3c(c1)N1c4c(cccc4-n4c5ccccc5c5cccc1c54)B3c1oc3ccc(-c4ccccc4)cc3c1N2c1cccc2c1sc1ccccc12. The van der Waals surface area contributed by atoms with Crippen LogP contribution in [0.5, 0.6) is 0 Å². The normalized spacial score (nSPS) is 13.4. The summed E-state index contributed by atoms with van der Waals surface area (Å²) in [6, 6.07) is 61.4. The second kappa shape index (κ2) is 10.9. The molecule has 0 saturated carbocycles. The van der Waals surface area contributed by atoms with Gasteiger partial charge in [-0.2, -0.15) is 5.26 Å². The van der Waals surface area contributed by atoms with E-state index in [0.29, 0.717) is 5.56 Å². The first-order valence-corrected chi connectivity index (χ1v) is 20.4. The molecule has 266 valence electrons. The molecule has 0 N–H and O–H groups in total. The number of fused-ring (bicyclic) bond motifs is 14. The molecule has 3 aliphatic heterocycles. The Morgan fingerprint density at radius 3 is 2.10 bits per heavy atom. The molecular formula is C51H27BN4OS. The van der Waals surface area contributed by atoms with Crippen LogP contribution in [0.1, 0.15) is 5.56 Å². The molecule has 58 heavy (non-hydrogen) atoms. The largest absolute Gasteiger partial charge is 0.468 e. The Bertz CT molecular complexity index is 3680. The molecular weight excluding hydrogens is 727 g/mol. The molecule has 11 aromatic rings. The Kier molecular flexibility index (Phi) is 5.74. The van der Waals surface area contributed by atoms with E-state index in [4.69, 9.17) is 4.42 Å². The molecule has 0 fully saturated rings. The summed E-state index contributed by atoms with van der Waals surface area (Å²) >= 11 is 1.82. The molecule has 0 atom stereocenters. The van der Waals surface area contributed by atoms with Gasteiger partial charge < -0.3 is 18.8 Å². The van der Waals surface area contributed by atoms with Crippen molar-refractivity contribution < 1.29 is 4.42 Å². The summed E-state index contributed by atoms with van der Waals surface area (Å²) in [4.78, 5) is 4.85. The van der Waals surface area contributed by atoms with Crippen molar-refractivity contribution in [3.8, 4) is 22.9 Å². The Morgan fingerprint density at radius 1 is 0.534 bits per heavy atom. The molecule has 0 aliphatic carbocycles. The maximum atomic E-state index is 10.9. The van der Waals surface area contributed by atoms with E-state index in [-0.39, 0.29) is 6.71 Å². The summed E-state index contributed by atoms with van der Waals surface area (Å²) in [7, 11) is 0.